The lowest BCUT2D eigenvalue weighted by Gasteiger charge is -2.36. The van der Waals surface area contributed by atoms with E-state index in [4.69, 9.17) is 4.74 Å². The maximum atomic E-state index is 14.2. The molecule has 0 aliphatic carbocycles. The lowest BCUT2D eigenvalue weighted by molar-refractivity contribution is -0.144. The summed E-state index contributed by atoms with van der Waals surface area (Å²) in [6.45, 7) is 0.0537. The van der Waals surface area contributed by atoms with Crippen LogP contribution in [0, 0.1) is 17.6 Å². The largest absolute Gasteiger partial charge is 0.497 e. The van der Waals surface area contributed by atoms with Crippen LogP contribution in [0.2, 0.25) is 0 Å². The number of methoxy groups -OCH3 is 1. The highest BCUT2D eigenvalue weighted by Crippen LogP contribution is 2.36. The summed E-state index contributed by atoms with van der Waals surface area (Å²) in [5.74, 6) is -4.50. The summed E-state index contributed by atoms with van der Waals surface area (Å²) in [4.78, 5) is 13.1. The van der Waals surface area contributed by atoms with Gasteiger partial charge >= 0.3 is 5.97 Å². The highest BCUT2D eigenvalue weighted by Gasteiger charge is 2.38. The van der Waals surface area contributed by atoms with Gasteiger partial charge in [-0.1, -0.05) is 0 Å². The first-order valence-electron chi connectivity index (χ1n) is 7.02. The van der Waals surface area contributed by atoms with E-state index >= 15 is 0 Å². The predicted octanol–water partition coefficient (Wildman–Crippen LogP) is 2.43. The van der Waals surface area contributed by atoms with Gasteiger partial charge in [-0.3, -0.25) is 4.79 Å². The Morgan fingerprint density at radius 1 is 1.41 bits per heavy atom. The van der Waals surface area contributed by atoms with Crippen molar-refractivity contribution in [2.75, 3.05) is 33.4 Å². The van der Waals surface area contributed by atoms with Crippen LogP contribution in [-0.2, 0) is 4.79 Å². The lowest BCUT2D eigenvalue weighted by atomic mass is 9.80. The molecule has 0 bridgehead atoms. The number of hydrogen-bond donors (Lipinski definition) is 1. The minimum atomic E-state index is -1.10. The topological polar surface area (TPSA) is 49.8 Å². The molecule has 0 aromatic heterocycles. The van der Waals surface area contributed by atoms with Crippen LogP contribution in [0.4, 0.5) is 13.2 Å². The zero-order valence-electron chi connectivity index (χ0n) is 12.2. The first-order chi connectivity index (χ1) is 10.5. The molecular formula is C15H18F3NO3. The highest BCUT2D eigenvalue weighted by atomic mass is 19.1. The van der Waals surface area contributed by atoms with E-state index in [1.807, 2.05) is 0 Å². The third-order valence-electron chi connectivity index (χ3n) is 4.07. The number of benzene rings is 1. The van der Waals surface area contributed by atoms with Crippen LogP contribution in [0.3, 0.4) is 0 Å². The summed E-state index contributed by atoms with van der Waals surface area (Å²) in [6.07, 6.45) is 0.227. The van der Waals surface area contributed by atoms with E-state index in [1.54, 1.807) is 4.90 Å². The van der Waals surface area contributed by atoms with Gasteiger partial charge in [0.2, 0.25) is 0 Å². The van der Waals surface area contributed by atoms with Gasteiger partial charge < -0.3 is 14.7 Å². The van der Waals surface area contributed by atoms with Crippen LogP contribution >= 0.6 is 0 Å². The van der Waals surface area contributed by atoms with E-state index in [1.165, 1.54) is 7.11 Å². The van der Waals surface area contributed by atoms with Crippen molar-refractivity contribution in [1.29, 1.82) is 0 Å². The molecule has 122 valence electrons. The third-order valence-corrected chi connectivity index (χ3v) is 4.07. The molecule has 0 radical (unpaired) electrons. The Morgan fingerprint density at radius 2 is 2.05 bits per heavy atom. The number of nitrogens with zero attached hydrogens (tertiary/aromatic N) is 1. The summed E-state index contributed by atoms with van der Waals surface area (Å²) in [5.41, 5.74) is -0.267. The molecule has 1 aromatic carbocycles. The molecule has 2 rings (SSSR count). The van der Waals surface area contributed by atoms with Crippen molar-refractivity contribution in [3.05, 3.63) is 29.3 Å². The lowest BCUT2D eigenvalue weighted by Crippen LogP contribution is -2.43. The maximum Gasteiger partial charge on any atom is 0.307 e. The number of alkyl halides is 1. The van der Waals surface area contributed by atoms with Crippen LogP contribution in [0.5, 0.6) is 5.75 Å². The minimum Gasteiger partial charge on any atom is -0.497 e. The fraction of sp³-hybridized carbons (Fsp3) is 0.533. The molecule has 2 atom stereocenters. The molecule has 1 heterocycles. The molecule has 0 spiro atoms. The van der Waals surface area contributed by atoms with Crippen LogP contribution in [0.25, 0.3) is 0 Å². The third kappa shape index (κ3) is 3.35. The van der Waals surface area contributed by atoms with Crippen molar-refractivity contribution in [2.45, 2.75) is 12.3 Å². The van der Waals surface area contributed by atoms with Crippen molar-refractivity contribution < 1.29 is 27.8 Å². The van der Waals surface area contributed by atoms with Crippen LogP contribution in [-0.4, -0.2) is 49.4 Å². The maximum absolute atomic E-state index is 14.2. The Labute approximate surface area is 126 Å². The molecule has 4 nitrogen and oxygen atoms in total. The van der Waals surface area contributed by atoms with E-state index in [2.05, 4.69) is 0 Å². The zero-order valence-corrected chi connectivity index (χ0v) is 12.2. The fourth-order valence-electron chi connectivity index (χ4n) is 2.96. The molecule has 0 amide bonds. The molecule has 1 aliphatic rings. The summed E-state index contributed by atoms with van der Waals surface area (Å²) >= 11 is 0. The molecule has 7 heteroatoms. The van der Waals surface area contributed by atoms with Crippen molar-refractivity contribution in [3.8, 4) is 5.75 Å². The number of hydrogen-bond acceptors (Lipinski definition) is 3. The number of rotatable bonds is 5. The highest BCUT2D eigenvalue weighted by molar-refractivity contribution is 5.71. The van der Waals surface area contributed by atoms with Crippen molar-refractivity contribution >= 4 is 5.97 Å². The van der Waals surface area contributed by atoms with E-state index in [0.29, 0.717) is 6.54 Å². The van der Waals surface area contributed by atoms with Gasteiger partial charge in [0.15, 0.2) is 0 Å². The van der Waals surface area contributed by atoms with Crippen LogP contribution in [0.1, 0.15) is 17.9 Å². The van der Waals surface area contributed by atoms with E-state index in [-0.39, 0.29) is 30.8 Å². The van der Waals surface area contributed by atoms with E-state index in [9.17, 15) is 23.1 Å². The van der Waals surface area contributed by atoms with Gasteiger partial charge in [0, 0.05) is 36.7 Å². The van der Waals surface area contributed by atoms with Gasteiger partial charge in [0.05, 0.1) is 13.0 Å². The first-order valence-corrected chi connectivity index (χ1v) is 7.02. The summed E-state index contributed by atoms with van der Waals surface area (Å²) in [6, 6.07) is 2.07. The fourth-order valence-corrected chi connectivity index (χ4v) is 2.96. The van der Waals surface area contributed by atoms with Gasteiger partial charge in [-0.05, 0) is 13.0 Å². The second kappa shape index (κ2) is 7.00. The number of likely N-dealkylation sites (tertiary alicyclic amines) is 1. The molecule has 1 N–H and O–H groups in total. The SMILES string of the molecule is COc1cc(F)c(C2CN(CCF)CCC2C(=O)O)c(F)c1. The second-order valence-corrected chi connectivity index (χ2v) is 5.33. The van der Waals surface area contributed by atoms with Gasteiger partial charge in [-0.15, -0.1) is 0 Å². The Hall–Kier alpha value is -1.76. The number of carboxylic acids is 1. The zero-order chi connectivity index (χ0) is 16.3. The average molecular weight is 317 g/mol. The van der Waals surface area contributed by atoms with Gasteiger partial charge in [0.25, 0.3) is 0 Å². The summed E-state index contributed by atoms with van der Waals surface area (Å²) in [5, 5.41) is 9.31. The van der Waals surface area contributed by atoms with Gasteiger partial charge in [-0.25, -0.2) is 13.2 Å². The van der Waals surface area contributed by atoms with E-state index < -0.39 is 36.1 Å². The van der Waals surface area contributed by atoms with Crippen LogP contribution in [0.15, 0.2) is 12.1 Å². The molecule has 1 saturated heterocycles. The first kappa shape index (κ1) is 16.6. The Morgan fingerprint density at radius 3 is 2.55 bits per heavy atom. The Bertz CT molecular complexity index is 530. The molecule has 1 aromatic rings. The smallest absolute Gasteiger partial charge is 0.307 e. The Kier molecular flexibility index (Phi) is 5.28. The second-order valence-electron chi connectivity index (χ2n) is 5.33. The standard InChI is InChI=1S/C15H18F3NO3/c1-22-9-6-12(17)14(13(18)7-9)11-8-19(5-3-16)4-2-10(11)15(20)21/h6-7,10-11H,2-5,8H2,1H3,(H,20,21). The number of halogens is 3. The minimum absolute atomic E-state index is 0.0297. The van der Waals surface area contributed by atoms with Crippen molar-refractivity contribution in [3.63, 3.8) is 0 Å². The predicted molar refractivity (Wildman–Crippen MR) is 73.8 cm³/mol. The number of ether oxygens (including phenoxy) is 1. The molecular weight excluding hydrogens is 299 g/mol. The monoisotopic (exact) mass is 317 g/mol. The number of carbonyl (C=O) groups is 1. The normalized spacial score (nSPS) is 22.5. The number of aliphatic carboxylic acids is 1. The molecule has 2 unspecified atom stereocenters. The number of carboxylic acid groups (broad SMARTS) is 1. The van der Waals surface area contributed by atoms with Crippen molar-refractivity contribution in [1.82, 2.24) is 4.90 Å². The summed E-state index contributed by atoms with van der Waals surface area (Å²) in [7, 11) is 1.29. The molecule has 22 heavy (non-hydrogen) atoms. The van der Waals surface area contributed by atoms with Gasteiger partial charge in [0.1, 0.15) is 24.1 Å². The van der Waals surface area contributed by atoms with Crippen molar-refractivity contribution in [2.24, 2.45) is 5.92 Å². The van der Waals surface area contributed by atoms with Gasteiger partial charge in [-0.2, -0.15) is 0 Å². The quantitative estimate of drug-likeness (QED) is 0.906. The molecule has 1 aliphatic heterocycles. The Balaban J connectivity index is 2.38. The summed E-state index contributed by atoms with van der Waals surface area (Å²) < 4.78 is 45.7. The molecule has 1 fully saturated rings. The number of piperidine rings is 1. The average Bonchev–Trinajstić information content (AvgIpc) is 2.46. The molecule has 0 saturated carbocycles. The van der Waals surface area contributed by atoms with Crippen LogP contribution < -0.4 is 4.74 Å². The van der Waals surface area contributed by atoms with E-state index in [0.717, 1.165) is 12.1 Å².